The maximum atomic E-state index is 13.7. The lowest BCUT2D eigenvalue weighted by molar-refractivity contribution is 0.102. The van der Waals surface area contributed by atoms with Gasteiger partial charge in [-0.3, -0.25) is 4.79 Å². The van der Waals surface area contributed by atoms with Crippen LogP contribution < -0.4 is 10.1 Å². The van der Waals surface area contributed by atoms with Crippen molar-refractivity contribution >= 4 is 11.6 Å². The van der Waals surface area contributed by atoms with Gasteiger partial charge in [0.05, 0.1) is 12.8 Å². The quantitative estimate of drug-likeness (QED) is 0.754. The largest absolute Gasteiger partial charge is 0.497 e. The molecule has 0 aliphatic rings. The fraction of sp³-hybridized carbons (Fsp3) is 0.111. The van der Waals surface area contributed by atoms with E-state index in [9.17, 15) is 13.6 Å². The number of aromatic amines is 1. The molecule has 0 unspecified atom stereocenters. The molecular weight excluding hydrogens is 328 g/mol. The Morgan fingerprint density at radius 2 is 2.00 bits per heavy atom. The van der Waals surface area contributed by atoms with Gasteiger partial charge >= 0.3 is 0 Å². The highest BCUT2D eigenvalue weighted by Crippen LogP contribution is 2.23. The molecule has 0 aliphatic heterocycles. The van der Waals surface area contributed by atoms with Gasteiger partial charge in [-0.15, -0.1) is 0 Å². The van der Waals surface area contributed by atoms with E-state index in [-0.39, 0.29) is 11.4 Å². The number of nitrogens with zero attached hydrogens (tertiary/aromatic N) is 1. The number of aromatic nitrogens is 2. The molecule has 2 aromatic carbocycles. The molecule has 3 rings (SSSR count). The molecule has 0 aliphatic carbocycles. The summed E-state index contributed by atoms with van der Waals surface area (Å²) in [6.07, 6.45) is 0. The number of amides is 1. The Balaban J connectivity index is 1.87. The number of carbonyl (C=O) groups excluding carboxylic acids is 1. The van der Waals surface area contributed by atoms with Crippen LogP contribution in [-0.4, -0.2) is 23.0 Å². The molecule has 1 amide bonds. The zero-order chi connectivity index (χ0) is 18.0. The summed E-state index contributed by atoms with van der Waals surface area (Å²) in [7, 11) is 1.56. The van der Waals surface area contributed by atoms with Gasteiger partial charge in [-0.1, -0.05) is 12.1 Å². The molecule has 5 nitrogen and oxygen atoms in total. The van der Waals surface area contributed by atoms with Crippen molar-refractivity contribution in [3.05, 3.63) is 65.5 Å². The minimum atomic E-state index is -0.852. The summed E-state index contributed by atoms with van der Waals surface area (Å²) in [4.78, 5) is 19.7. The molecule has 0 saturated carbocycles. The van der Waals surface area contributed by atoms with Crippen molar-refractivity contribution < 1.29 is 18.3 Å². The molecule has 3 aromatic rings. The predicted octanol–water partition coefficient (Wildman–Crippen LogP) is 3.92. The smallest absolute Gasteiger partial charge is 0.276 e. The van der Waals surface area contributed by atoms with Gasteiger partial charge < -0.3 is 15.0 Å². The van der Waals surface area contributed by atoms with Gasteiger partial charge in [-0.05, 0) is 31.2 Å². The van der Waals surface area contributed by atoms with E-state index in [1.807, 2.05) is 6.07 Å². The maximum Gasteiger partial charge on any atom is 0.276 e. The molecule has 0 radical (unpaired) electrons. The normalized spacial score (nSPS) is 10.6. The fourth-order valence-corrected chi connectivity index (χ4v) is 2.36. The van der Waals surface area contributed by atoms with Gasteiger partial charge in [-0.25, -0.2) is 13.8 Å². The van der Waals surface area contributed by atoms with Gasteiger partial charge in [-0.2, -0.15) is 0 Å². The molecule has 0 atom stereocenters. The van der Waals surface area contributed by atoms with Crippen molar-refractivity contribution in [1.29, 1.82) is 0 Å². The summed E-state index contributed by atoms with van der Waals surface area (Å²) < 4.78 is 31.8. The Hall–Kier alpha value is -3.22. The number of ether oxygens (including phenoxy) is 1. The molecule has 0 fully saturated rings. The van der Waals surface area contributed by atoms with Crippen molar-refractivity contribution in [3.8, 4) is 17.1 Å². The monoisotopic (exact) mass is 343 g/mol. The lowest BCUT2D eigenvalue weighted by atomic mass is 10.2. The summed E-state index contributed by atoms with van der Waals surface area (Å²) >= 11 is 0. The van der Waals surface area contributed by atoms with E-state index < -0.39 is 17.5 Å². The minimum Gasteiger partial charge on any atom is -0.497 e. The molecule has 25 heavy (non-hydrogen) atoms. The van der Waals surface area contributed by atoms with Gasteiger partial charge in [0.1, 0.15) is 28.9 Å². The van der Waals surface area contributed by atoms with E-state index >= 15 is 0 Å². The highest BCUT2D eigenvalue weighted by molar-refractivity contribution is 6.04. The van der Waals surface area contributed by atoms with Crippen molar-refractivity contribution in [3.63, 3.8) is 0 Å². The van der Waals surface area contributed by atoms with Crippen LogP contribution in [0.3, 0.4) is 0 Å². The van der Waals surface area contributed by atoms with E-state index in [0.717, 1.165) is 17.7 Å². The van der Waals surface area contributed by atoms with E-state index in [1.165, 1.54) is 0 Å². The average molecular weight is 343 g/mol. The molecule has 2 N–H and O–H groups in total. The summed E-state index contributed by atoms with van der Waals surface area (Å²) in [5, 5.41) is 2.39. The molecule has 7 heteroatoms. The summed E-state index contributed by atoms with van der Waals surface area (Å²) in [6, 6.07) is 10.1. The van der Waals surface area contributed by atoms with Crippen LogP contribution in [0.25, 0.3) is 11.4 Å². The van der Waals surface area contributed by atoms with Crippen LogP contribution in [0.2, 0.25) is 0 Å². The van der Waals surface area contributed by atoms with Crippen molar-refractivity contribution in [2.45, 2.75) is 6.92 Å². The summed E-state index contributed by atoms with van der Waals surface area (Å²) in [5.74, 6) is -1.01. The van der Waals surface area contributed by atoms with Crippen LogP contribution in [0, 0.1) is 18.6 Å². The highest BCUT2D eigenvalue weighted by Gasteiger charge is 2.17. The van der Waals surface area contributed by atoms with E-state index in [0.29, 0.717) is 23.3 Å². The van der Waals surface area contributed by atoms with Gasteiger partial charge in [0.2, 0.25) is 0 Å². The number of hydrogen-bond donors (Lipinski definition) is 2. The number of imidazole rings is 1. The lowest BCUT2D eigenvalue weighted by Gasteiger charge is -2.05. The molecule has 0 spiro atoms. The Bertz CT molecular complexity index is 938. The van der Waals surface area contributed by atoms with Gasteiger partial charge in [0.25, 0.3) is 5.91 Å². The predicted molar refractivity (Wildman–Crippen MR) is 89.6 cm³/mol. The number of benzene rings is 2. The number of rotatable bonds is 4. The van der Waals surface area contributed by atoms with Crippen LogP contribution >= 0.6 is 0 Å². The zero-order valence-corrected chi connectivity index (χ0v) is 13.6. The van der Waals surface area contributed by atoms with Crippen LogP contribution in [0.5, 0.6) is 5.75 Å². The first kappa shape index (κ1) is 16.6. The van der Waals surface area contributed by atoms with Crippen molar-refractivity contribution in [2.75, 3.05) is 12.4 Å². The Labute approximate surface area is 142 Å². The zero-order valence-electron chi connectivity index (χ0n) is 13.6. The third-order valence-electron chi connectivity index (χ3n) is 3.62. The Kier molecular flexibility index (Phi) is 4.47. The standard InChI is InChI=1S/C18H15F2N3O2/c1-10-16(18(24)22-15-7-6-12(19)9-14(15)20)23-17(21-10)11-4-3-5-13(8-11)25-2/h3-9H,1-2H3,(H,21,23)(H,22,24). The van der Waals surface area contributed by atoms with Crippen molar-refractivity contribution in [2.24, 2.45) is 0 Å². The van der Waals surface area contributed by atoms with E-state index in [2.05, 4.69) is 15.3 Å². The Morgan fingerprint density at radius 1 is 1.20 bits per heavy atom. The number of carbonyl (C=O) groups is 1. The molecule has 1 heterocycles. The van der Waals surface area contributed by atoms with Crippen LogP contribution in [0.1, 0.15) is 16.2 Å². The number of H-pyrrole nitrogens is 1. The highest BCUT2D eigenvalue weighted by atomic mass is 19.1. The number of halogens is 2. The molecular formula is C18H15F2N3O2. The number of anilines is 1. The maximum absolute atomic E-state index is 13.7. The van der Waals surface area contributed by atoms with Gasteiger partial charge in [0.15, 0.2) is 0 Å². The fourth-order valence-electron chi connectivity index (χ4n) is 2.36. The van der Waals surface area contributed by atoms with E-state index in [4.69, 9.17) is 4.74 Å². The minimum absolute atomic E-state index is 0.114. The molecule has 128 valence electrons. The first-order valence-electron chi connectivity index (χ1n) is 7.45. The number of hydrogen-bond acceptors (Lipinski definition) is 3. The third kappa shape index (κ3) is 3.50. The SMILES string of the molecule is COc1cccc(-c2nc(C(=O)Nc3ccc(F)cc3F)c(C)[nH]2)c1. The summed E-state index contributed by atoms with van der Waals surface area (Å²) in [5.41, 5.74) is 1.28. The Morgan fingerprint density at radius 3 is 2.72 bits per heavy atom. The second-order valence-electron chi connectivity index (χ2n) is 5.37. The van der Waals surface area contributed by atoms with Crippen LogP contribution in [0.4, 0.5) is 14.5 Å². The van der Waals surface area contributed by atoms with Crippen LogP contribution in [0.15, 0.2) is 42.5 Å². The first-order chi connectivity index (χ1) is 12.0. The lowest BCUT2D eigenvalue weighted by Crippen LogP contribution is -2.14. The van der Waals surface area contributed by atoms with E-state index in [1.54, 1.807) is 32.2 Å². The molecule has 1 aromatic heterocycles. The second kappa shape index (κ2) is 6.72. The molecule has 0 bridgehead atoms. The van der Waals surface area contributed by atoms with Crippen molar-refractivity contribution in [1.82, 2.24) is 9.97 Å². The third-order valence-corrected chi connectivity index (χ3v) is 3.62. The first-order valence-corrected chi connectivity index (χ1v) is 7.45. The summed E-state index contributed by atoms with van der Waals surface area (Å²) in [6.45, 7) is 1.69. The number of aryl methyl sites for hydroxylation is 1. The molecule has 0 saturated heterocycles. The topological polar surface area (TPSA) is 67.0 Å². The number of nitrogens with one attached hydrogen (secondary N) is 2. The second-order valence-corrected chi connectivity index (χ2v) is 5.37. The van der Waals surface area contributed by atoms with Gasteiger partial charge in [0, 0.05) is 17.3 Å². The average Bonchev–Trinajstić information content (AvgIpc) is 2.99. The number of methoxy groups -OCH3 is 1. The van der Waals surface area contributed by atoms with Crippen LogP contribution in [-0.2, 0) is 0 Å².